The van der Waals surface area contributed by atoms with Crippen molar-refractivity contribution < 1.29 is 14.3 Å². The van der Waals surface area contributed by atoms with Crippen molar-refractivity contribution in [3.63, 3.8) is 0 Å². The number of carbonyl (C=O) groups excluding carboxylic acids is 1. The molecular weight excluding hydrogens is 340 g/mol. The fourth-order valence-electron chi connectivity index (χ4n) is 4.74. The van der Waals surface area contributed by atoms with Crippen LogP contribution in [0.2, 0.25) is 0 Å². The van der Waals surface area contributed by atoms with Crippen LogP contribution >= 0.6 is 0 Å². The molecule has 0 N–H and O–H groups in total. The molecule has 4 heterocycles. The molecule has 0 spiro atoms. The van der Waals surface area contributed by atoms with Gasteiger partial charge in [-0.15, -0.1) is 6.58 Å². The number of hydrogen-bond donors (Lipinski definition) is 0. The Bertz CT molecular complexity index is 866. The monoisotopic (exact) mass is 366 g/mol. The SMILES string of the molecule is C=C[C@@H]1CN2CC[C@H]1C[C@@H]2[C@H](OC(C)=O)c1ccnc2ccc(OC)cc12. The zero-order valence-electron chi connectivity index (χ0n) is 15.9. The Labute approximate surface area is 160 Å². The number of esters is 1. The van der Waals surface area contributed by atoms with Gasteiger partial charge < -0.3 is 9.47 Å². The van der Waals surface area contributed by atoms with Crippen LogP contribution in [0.5, 0.6) is 5.75 Å². The zero-order valence-corrected chi connectivity index (χ0v) is 15.9. The van der Waals surface area contributed by atoms with Gasteiger partial charge in [0.15, 0.2) is 0 Å². The number of nitrogens with zero attached hydrogens (tertiary/aromatic N) is 2. The lowest BCUT2D eigenvalue weighted by Crippen LogP contribution is -2.55. The lowest BCUT2D eigenvalue weighted by Gasteiger charge is -2.51. The molecule has 3 saturated heterocycles. The minimum absolute atomic E-state index is 0.181. The van der Waals surface area contributed by atoms with Gasteiger partial charge in [-0.3, -0.25) is 14.7 Å². The third-order valence-electron chi connectivity index (χ3n) is 6.09. The van der Waals surface area contributed by atoms with Gasteiger partial charge >= 0.3 is 5.97 Å². The van der Waals surface area contributed by atoms with Crippen molar-refractivity contribution in [2.75, 3.05) is 20.2 Å². The number of aromatic nitrogens is 1. The molecule has 0 saturated carbocycles. The minimum Gasteiger partial charge on any atom is -0.497 e. The van der Waals surface area contributed by atoms with Gasteiger partial charge in [0.2, 0.25) is 0 Å². The molecule has 1 unspecified atom stereocenters. The zero-order chi connectivity index (χ0) is 19.0. The second-order valence-electron chi connectivity index (χ2n) is 7.56. The summed E-state index contributed by atoms with van der Waals surface area (Å²) in [6.07, 6.45) is 5.77. The fraction of sp³-hybridized carbons (Fsp3) is 0.455. The van der Waals surface area contributed by atoms with Gasteiger partial charge in [-0.25, -0.2) is 0 Å². The average molecular weight is 366 g/mol. The maximum absolute atomic E-state index is 12.0. The van der Waals surface area contributed by atoms with Crippen LogP contribution in [0.15, 0.2) is 43.1 Å². The quantitative estimate of drug-likeness (QED) is 0.596. The van der Waals surface area contributed by atoms with E-state index in [1.807, 2.05) is 24.3 Å². The lowest BCUT2D eigenvalue weighted by atomic mass is 9.73. The van der Waals surface area contributed by atoms with Crippen LogP contribution in [-0.2, 0) is 9.53 Å². The van der Waals surface area contributed by atoms with Crippen LogP contribution in [0.25, 0.3) is 10.9 Å². The van der Waals surface area contributed by atoms with Gasteiger partial charge in [0.25, 0.3) is 0 Å². The number of hydrogen-bond acceptors (Lipinski definition) is 5. The van der Waals surface area contributed by atoms with Crippen molar-refractivity contribution in [3.05, 3.63) is 48.7 Å². The number of piperidine rings is 3. The first-order chi connectivity index (χ1) is 13.1. The molecule has 3 fully saturated rings. The highest BCUT2D eigenvalue weighted by molar-refractivity contribution is 5.84. The van der Waals surface area contributed by atoms with Gasteiger partial charge in [-0.05, 0) is 55.5 Å². The topological polar surface area (TPSA) is 51.7 Å². The second-order valence-corrected chi connectivity index (χ2v) is 7.56. The molecule has 5 heteroatoms. The number of rotatable bonds is 5. The number of pyridine rings is 1. The predicted molar refractivity (Wildman–Crippen MR) is 105 cm³/mol. The Balaban J connectivity index is 1.76. The molecule has 0 aliphatic carbocycles. The highest BCUT2D eigenvalue weighted by Crippen LogP contribution is 2.43. The molecule has 2 aromatic rings. The van der Waals surface area contributed by atoms with Crippen molar-refractivity contribution in [1.29, 1.82) is 0 Å². The number of fused-ring (bicyclic) bond motifs is 4. The normalized spacial score (nSPS) is 27.9. The summed E-state index contributed by atoms with van der Waals surface area (Å²) in [5.74, 6) is 1.66. The Hall–Kier alpha value is -2.40. The van der Waals surface area contributed by atoms with Gasteiger partial charge in [0.1, 0.15) is 11.9 Å². The van der Waals surface area contributed by atoms with E-state index in [4.69, 9.17) is 9.47 Å². The first-order valence-corrected chi connectivity index (χ1v) is 9.57. The molecule has 142 valence electrons. The Kier molecular flexibility index (Phi) is 4.87. The van der Waals surface area contributed by atoms with Crippen molar-refractivity contribution >= 4 is 16.9 Å². The lowest BCUT2D eigenvalue weighted by molar-refractivity contribution is -0.154. The van der Waals surface area contributed by atoms with E-state index in [0.29, 0.717) is 11.8 Å². The van der Waals surface area contributed by atoms with Crippen LogP contribution in [0.3, 0.4) is 0 Å². The highest BCUT2D eigenvalue weighted by Gasteiger charge is 2.44. The maximum atomic E-state index is 12.0. The van der Waals surface area contributed by atoms with Gasteiger partial charge in [0.05, 0.1) is 18.7 Å². The van der Waals surface area contributed by atoms with Crippen molar-refractivity contribution in [3.8, 4) is 5.75 Å². The average Bonchev–Trinajstić information content (AvgIpc) is 2.71. The van der Waals surface area contributed by atoms with Crippen LogP contribution in [-0.4, -0.2) is 42.1 Å². The molecule has 0 amide bonds. The molecule has 1 aromatic carbocycles. The number of methoxy groups -OCH3 is 1. The third kappa shape index (κ3) is 3.32. The molecule has 5 nitrogen and oxygen atoms in total. The Morgan fingerprint density at radius 3 is 2.93 bits per heavy atom. The standard InChI is InChI=1S/C22H26N2O3/c1-4-15-13-24-10-8-16(15)11-21(24)22(27-14(2)25)18-7-9-23-20-6-5-17(26-3)12-19(18)20/h4-7,9,12,15-16,21-22H,1,8,10-11,13H2,2-3H3/t15-,16+,21-,22-/m1/s1. The fourth-order valence-corrected chi connectivity index (χ4v) is 4.74. The highest BCUT2D eigenvalue weighted by atomic mass is 16.5. The van der Waals surface area contributed by atoms with Crippen LogP contribution < -0.4 is 4.74 Å². The summed E-state index contributed by atoms with van der Waals surface area (Å²) in [5, 5.41) is 0.978. The molecule has 2 bridgehead atoms. The number of ether oxygens (including phenoxy) is 2. The van der Waals surface area contributed by atoms with E-state index < -0.39 is 0 Å². The van der Waals surface area contributed by atoms with Crippen LogP contribution in [0.4, 0.5) is 0 Å². The summed E-state index contributed by atoms with van der Waals surface area (Å²) < 4.78 is 11.3. The first-order valence-electron chi connectivity index (χ1n) is 9.57. The molecule has 3 aliphatic heterocycles. The molecule has 5 rings (SSSR count). The first kappa shape index (κ1) is 18.0. The number of benzene rings is 1. The van der Waals surface area contributed by atoms with Crippen molar-refractivity contribution in [2.45, 2.75) is 31.9 Å². The van der Waals surface area contributed by atoms with E-state index in [1.54, 1.807) is 13.3 Å². The van der Waals surface area contributed by atoms with Gasteiger partial charge in [-0.2, -0.15) is 0 Å². The van der Waals surface area contributed by atoms with E-state index >= 15 is 0 Å². The summed E-state index contributed by atoms with van der Waals surface area (Å²) >= 11 is 0. The van der Waals surface area contributed by atoms with Crippen molar-refractivity contribution in [2.24, 2.45) is 11.8 Å². The Morgan fingerprint density at radius 2 is 2.26 bits per heavy atom. The summed E-state index contributed by atoms with van der Waals surface area (Å²) in [5.41, 5.74) is 1.88. The van der Waals surface area contributed by atoms with E-state index in [-0.39, 0.29) is 18.1 Å². The summed E-state index contributed by atoms with van der Waals surface area (Å²) in [6.45, 7) is 7.53. The molecular formula is C22H26N2O3. The van der Waals surface area contributed by atoms with E-state index in [1.165, 1.54) is 13.3 Å². The maximum Gasteiger partial charge on any atom is 0.303 e. The Morgan fingerprint density at radius 1 is 1.41 bits per heavy atom. The minimum atomic E-state index is -0.311. The van der Waals surface area contributed by atoms with E-state index in [2.05, 4.69) is 22.5 Å². The van der Waals surface area contributed by atoms with Gasteiger partial charge in [-0.1, -0.05) is 6.08 Å². The van der Waals surface area contributed by atoms with Crippen LogP contribution in [0.1, 0.15) is 31.4 Å². The molecule has 27 heavy (non-hydrogen) atoms. The summed E-state index contributed by atoms with van der Waals surface area (Å²) in [4.78, 5) is 18.9. The predicted octanol–water partition coefficient (Wildman–Crippen LogP) is 3.74. The summed E-state index contributed by atoms with van der Waals surface area (Å²) in [6, 6.07) is 7.99. The van der Waals surface area contributed by atoms with Crippen LogP contribution in [0, 0.1) is 11.8 Å². The molecule has 0 radical (unpaired) electrons. The van der Waals surface area contributed by atoms with Crippen molar-refractivity contribution in [1.82, 2.24) is 9.88 Å². The molecule has 5 atom stereocenters. The van der Waals surface area contributed by atoms with E-state index in [9.17, 15) is 4.79 Å². The second kappa shape index (κ2) is 7.31. The smallest absolute Gasteiger partial charge is 0.303 e. The number of carbonyl (C=O) groups is 1. The summed E-state index contributed by atoms with van der Waals surface area (Å²) in [7, 11) is 1.65. The van der Waals surface area contributed by atoms with Gasteiger partial charge in [0, 0.05) is 30.6 Å². The van der Waals surface area contributed by atoms with E-state index in [0.717, 1.165) is 41.7 Å². The third-order valence-corrected chi connectivity index (χ3v) is 6.09. The molecule has 3 aliphatic rings. The largest absolute Gasteiger partial charge is 0.497 e. The molecule has 1 aromatic heterocycles.